The number of methoxy groups -OCH3 is 2. The van der Waals surface area contributed by atoms with Gasteiger partial charge in [0.25, 0.3) is 0 Å². The number of para-hydroxylation sites is 1. The van der Waals surface area contributed by atoms with Gasteiger partial charge in [0.2, 0.25) is 0 Å². The second-order valence-corrected chi connectivity index (χ2v) is 10.0. The molecular weight excluding hydrogens is 526 g/mol. The van der Waals surface area contributed by atoms with Crippen molar-refractivity contribution in [2.24, 2.45) is 0 Å². The number of aryl methyl sites for hydroxylation is 1. The number of nitrogens with one attached hydrogen (secondary N) is 1. The van der Waals surface area contributed by atoms with Crippen LogP contribution in [0.2, 0.25) is 0 Å². The third-order valence-electron chi connectivity index (χ3n) is 7.65. The fraction of sp³-hybridized carbons (Fsp3) is 0.139. The van der Waals surface area contributed by atoms with Crippen molar-refractivity contribution in [2.45, 2.75) is 12.8 Å². The van der Waals surface area contributed by atoms with Crippen molar-refractivity contribution in [1.82, 2.24) is 4.98 Å². The number of benzene rings is 5. The fourth-order valence-electron chi connectivity index (χ4n) is 5.75. The van der Waals surface area contributed by atoms with Gasteiger partial charge in [-0.25, -0.2) is 4.79 Å². The molecule has 5 aromatic carbocycles. The van der Waals surface area contributed by atoms with E-state index in [-0.39, 0.29) is 5.69 Å². The van der Waals surface area contributed by atoms with E-state index in [0.717, 1.165) is 55.2 Å². The summed E-state index contributed by atoms with van der Waals surface area (Å²) in [5.41, 5.74) is 5.36. The predicted octanol–water partition coefficient (Wildman–Crippen LogP) is 8.38. The van der Waals surface area contributed by atoms with Crippen LogP contribution in [0.3, 0.4) is 0 Å². The van der Waals surface area contributed by atoms with Crippen LogP contribution < -0.4 is 14.2 Å². The summed E-state index contributed by atoms with van der Waals surface area (Å²) in [5.74, 6) is 1.23. The van der Waals surface area contributed by atoms with Crippen LogP contribution in [0.4, 0.5) is 0 Å². The number of ether oxygens (including phenoxy) is 3. The third kappa shape index (κ3) is 4.92. The summed E-state index contributed by atoms with van der Waals surface area (Å²) >= 11 is 0. The van der Waals surface area contributed by atoms with Gasteiger partial charge in [-0.15, -0.1) is 0 Å². The molecule has 0 aliphatic heterocycles. The van der Waals surface area contributed by atoms with Crippen LogP contribution >= 0.6 is 0 Å². The minimum Gasteiger partial charge on any atom is -0.496 e. The first-order valence-corrected chi connectivity index (χ1v) is 13.9. The number of aromatic carboxylic acids is 1. The van der Waals surface area contributed by atoms with E-state index < -0.39 is 5.97 Å². The molecule has 1 aromatic heterocycles. The summed E-state index contributed by atoms with van der Waals surface area (Å²) in [4.78, 5) is 15.6. The molecule has 0 spiro atoms. The Balaban J connectivity index is 1.36. The van der Waals surface area contributed by atoms with Crippen LogP contribution in [0.25, 0.3) is 43.9 Å². The Kier molecular flexibility index (Phi) is 7.52. The van der Waals surface area contributed by atoms with Gasteiger partial charge in [-0.3, -0.25) is 0 Å². The number of H-pyrrole nitrogens is 1. The van der Waals surface area contributed by atoms with Crippen LogP contribution in [-0.4, -0.2) is 36.9 Å². The number of fused-ring (bicyclic) bond motifs is 2. The van der Waals surface area contributed by atoms with Crippen molar-refractivity contribution in [3.05, 3.63) is 114 Å². The second kappa shape index (κ2) is 11.7. The monoisotopic (exact) mass is 557 g/mol. The van der Waals surface area contributed by atoms with Crippen LogP contribution in [0.1, 0.15) is 22.5 Å². The Hall–Kier alpha value is -5.23. The molecule has 210 valence electrons. The average Bonchev–Trinajstić information content (AvgIpc) is 3.42. The molecule has 0 aliphatic rings. The molecule has 6 rings (SSSR count). The summed E-state index contributed by atoms with van der Waals surface area (Å²) in [6.07, 6.45) is 1.22. The number of hydrogen-bond acceptors (Lipinski definition) is 4. The summed E-state index contributed by atoms with van der Waals surface area (Å²) in [6.45, 7) is 0.468. The minimum atomic E-state index is -0.984. The number of carbonyl (C=O) groups is 1. The zero-order chi connectivity index (χ0) is 29.1. The smallest absolute Gasteiger partial charge is 0.352 e. The molecular formula is C36H31NO5. The van der Waals surface area contributed by atoms with Gasteiger partial charge < -0.3 is 24.3 Å². The van der Waals surface area contributed by atoms with Crippen LogP contribution in [0.15, 0.2) is 103 Å². The zero-order valence-electron chi connectivity index (χ0n) is 23.5. The van der Waals surface area contributed by atoms with E-state index >= 15 is 0 Å². The van der Waals surface area contributed by atoms with Crippen molar-refractivity contribution in [2.75, 3.05) is 20.8 Å². The highest BCUT2D eigenvalue weighted by molar-refractivity contribution is 6.05. The molecule has 1 heterocycles. The molecule has 0 bridgehead atoms. The van der Waals surface area contributed by atoms with E-state index in [1.165, 1.54) is 0 Å². The largest absolute Gasteiger partial charge is 0.496 e. The van der Waals surface area contributed by atoms with Crippen LogP contribution in [-0.2, 0) is 6.42 Å². The van der Waals surface area contributed by atoms with Gasteiger partial charge in [-0.2, -0.15) is 0 Å². The molecule has 0 atom stereocenters. The number of carboxylic acids is 1. The molecule has 42 heavy (non-hydrogen) atoms. The Bertz CT molecular complexity index is 1880. The molecule has 0 fully saturated rings. The number of rotatable bonds is 10. The van der Waals surface area contributed by atoms with Gasteiger partial charge in [0.15, 0.2) is 0 Å². The van der Waals surface area contributed by atoms with E-state index in [1.54, 1.807) is 14.2 Å². The summed E-state index contributed by atoms with van der Waals surface area (Å²) in [5, 5.41) is 13.2. The maximum atomic E-state index is 12.4. The third-order valence-corrected chi connectivity index (χ3v) is 7.65. The number of hydrogen-bond donors (Lipinski definition) is 2. The quantitative estimate of drug-likeness (QED) is 0.165. The minimum absolute atomic E-state index is 0.204. The maximum Gasteiger partial charge on any atom is 0.352 e. The summed E-state index contributed by atoms with van der Waals surface area (Å²) < 4.78 is 17.6. The number of aromatic nitrogens is 1. The van der Waals surface area contributed by atoms with Crippen molar-refractivity contribution in [3.8, 4) is 39.5 Å². The van der Waals surface area contributed by atoms with Crippen LogP contribution in [0, 0.1) is 0 Å². The van der Waals surface area contributed by atoms with Gasteiger partial charge in [-0.05, 0) is 53.1 Å². The number of carboxylic acid groups (broad SMARTS) is 1. The molecule has 2 N–H and O–H groups in total. The van der Waals surface area contributed by atoms with Crippen molar-refractivity contribution in [3.63, 3.8) is 0 Å². The van der Waals surface area contributed by atoms with Gasteiger partial charge in [0.05, 0.1) is 31.9 Å². The van der Waals surface area contributed by atoms with E-state index in [2.05, 4.69) is 17.1 Å². The van der Waals surface area contributed by atoms with E-state index in [9.17, 15) is 9.90 Å². The first kappa shape index (κ1) is 27.0. The Morgan fingerprint density at radius 1 is 0.690 bits per heavy atom. The Morgan fingerprint density at radius 3 is 2.05 bits per heavy atom. The highest BCUT2D eigenvalue weighted by Gasteiger charge is 2.22. The lowest BCUT2D eigenvalue weighted by atomic mass is 9.92. The normalized spacial score (nSPS) is 11.1. The van der Waals surface area contributed by atoms with Crippen molar-refractivity contribution < 1.29 is 24.1 Å². The first-order chi connectivity index (χ1) is 20.6. The lowest BCUT2D eigenvalue weighted by Crippen LogP contribution is -2.04. The molecule has 0 aliphatic carbocycles. The number of aromatic amines is 1. The second-order valence-electron chi connectivity index (χ2n) is 10.0. The van der Waals surface area contributed by atoms with Crippen molar-refractivity contribution >= 4 is 27.6 Å². The van der Waals surface area contributed by atoms with Gasteiger partial charge in [0, 0.05) is 16.3 Å². The van der Waals surface area contributed by atoms with E-state index in [1.807, 2.05) is 91.0 Å². The molecule has 0 unspecified atom stereocenters. The van der Waals surface area contributed by atoms with Crippen LogP contribution in [0.5, 0.6) is 17.2 Å². The molecule has 6 nitrogen and oxygen atoms in total. The average molecular weight is 558 g/mol. The molecule has 0 radical (unpaired) electrons. The topological polar surface area (TPSA) is 80.8 Å². The predicted molar refractivity (Wildman–Crippen MR) is 167 cm³/mol. The fourth-order valence-corrected chi connectivity index (χ4v) is 5.75. The zero-order valence-corrected chi connectivity index (χ0v) is 23.5. The van der Waals surface area contributed by atoms with E-state index in [4.69, 9.17) is 14.2 Å². The van der Waals surface area contributed by atoms with E-state index in [0.29, 0.717) is 30.9 Å². The molecule has 0 saturated heterocycles. The first-order valence-electron chi connectivity index (χ1n) is 13.9. The van der Waals surface area contributed by atoms with Crippen molar-refractivity contribution in [1.29, 1.82) is 0 Å². The highest BCUT2D eigenvalue weighted by atomic mass is 16.5. The summed E-state index contributed by atoms with van der Waals surface area (Å²) in [7, 11) is 3.28. The maximum absolute atomic E-state index is 12.4. The van der Waals surface area contributed by atoms with Gasteiger partial charge in [-0.1, -0.05) is 84.9 Å². The SMILES string of the molecule is COc1cccc(OC)c1-c1ccccc1-c1cccc2c(CCCOc3cccc4ccccc34)c(C(=O)O)[nH]c12. The highest BCUT2D eigenvalue weighted by Crippen LogP contribution is 2.44. The Morgan fingerprint density at radius 2 is 1.29 bits per heavy atom. The lowest BCUT2D eigenvalue weighted by Gasteiger charge is -2.17. The van der Waals surface area contributed by atoms with Gasteiger partial charge >= 0.3 is 5.97 Å². The van der Waals surface area contributed by atoms with Gasteiger partial charge in [0.1, 0.15) is 22.9 Å². The molecule has 6 aromatic rings. The molecule has 0 amide bonds. The lowest BCUT2D eigenvalue weighted by molar-refractivity contribution is 0.0690. The summed E-state index contributed by atoms with van der Waals surface area (Å²) in [6, 6.07) is 33.8. The molecule has 0 saturated carbocycles. The standard InChI is InChI=1S/C36H31NO5/c1-40-31-20-9-21-32(41-2)33(31)26-15-6-5-14-25(26)27-16-8-17-28-29(35(36(38)39)37-34(27)28)18-10-22-42-30-19-7-12-23-11-3-4-13-24(23)30/h3-9,11-17,19-21,37H,10,18,22H2,1-2H3,(H,38,39). The molecule has 6 heteroatoms. The Labute approximate surface area is 244 Å².